The molecule has 2 aliphatic rings. The van der Waals surface area contributed by atoms with Crippen molar-refractivity contribution < 1.29 is 9.53 Å². The molecule has 152 valence electrons. The van der Waals surface area contributed by atoms with Crippen molar-refractivity contribution in [3.8, 4) is 0 Å². The number of aromatic nitrogens is 2. The molecule has 2 heterocycles. The van der Waals surface area contributed by atoms with Crippen molar-refractivity contribution in [2.75, 3.05) is 11.9 Å². The lowest BCUT2D eigenvalue weighted by atomic mass is 10.2. The maximum atomic E-state index is 11.9. The second-order valence-corrected chi connectivity index (χ2v) is 7.59. The summed E-state index contributed by atoms with van der Waals surface area (Å²) in [6.45, 7) is 2.31. The third kappa shape index (κ3) is 5.38. The summed E-state index contributed by atoms with van der Waals surface area (Å²) in [5.74, 6) is 1.48. The first kappa shape index (κ1) is 19.5. The Morgan fingerprint density at radius 3 is 2.90 bits per heavy atom. The van der Waals surface area contributed by atoms with Crippen LogP contribution in [0.4, 0.5) is 5.82 Å². The van der Waals surface area contributed by atoms with Crippen molar-refractivity contribution >= 4 is 35.4 Å². The summed E-state index contributed by atoms with van der Waals surface area (Å²) in [7, 11) is 0. The number of amides is 1. The van der Waals surface area contributed by atoms with E-state index in [1.165, 1.54) is 12.8 Å². The number of amidine groups is 1. The van der Waals surface area contributed by atoms with Crippen LogP contribution in [0.15, 0.2) is 40.6 Å². The molecule has 7 nitrogen and oxygen atoms in total. The second-order valence-electron chi connectivity index (χ2n) is 7.59. The largest absolute Gasteiger partial charge is 0.370 e. The number of pyridine rings is 1. The number of aliphatic imine (C=N–C) groups is 2. The predicted octanol–water partition coefficient (Wildman–Crippen LogP) is 4.10. The number of anilines is 1. The summed E-state index contributed by atoms with van der Waals surface area (Å²) in [6.07, 6.45) is 14.3. The van der Waals surface area contributed by atoms with Crippen LogP contribution in [0.1, 0.15) is 51.0 Å². The molecule has 2 saturated carbocycles. The number of hydrogen-bond donors (Lipinski definition) is 1. The van der Waals surface area contributed by atoms with Crippen LogP contribution in [0, 0.1) is 5.92 Å². The Kier molecular flexibility index (Phi) is 6.14. The Hall–Kier alpha value is -2.80. The van der Waals surface area contributed by atoms with E-state index in [1.807, 2.05) is 37.4 Å². The molecule has 4 rings (SSSR count). The number of nitrogens with zero attached hydrogens (tertiary/aromatic N) is 4. The van der Waals surface area contributed by atoms with Crippen LogP contribution in [0.5, 0.6) is 0 Å². The van der Waals surface area contributed by atoms with E-state index in [-0.39, 0.29) is 11.8 Å². The molecule has 2 aliphatic carbocycles. The van der Waals surface area contributed by atoms with E-state index < -0.39 is 0 Å². The van der Waals surface area contributed by atoms with Gasteiger partial charge in [0.25, 0.3) is 0 Å². The Morgan fingerprint density at radius 2 is 2.14 bits per heavy atom. The minimum absolute atomic E-state index is 0.0618. The number of nitrogens with one attached hydrogen (secondary N) is 1. The third-order valence-corrected chi connectivity index (χ3v) is 5.21. The highest BCUT2D eigenvalue weighted by Gasteiger charge is 2.30. The fourth-order valence-corrected chi connectivity index (χ4v) is 3.46. The highest BCUT2D eigenvalue weighted by Crippen LogP contribution is 2.30. The van der Waals surface area contributed by atoms with Crippen LogP contribution < -0.4 is 5.32 Å². The first-order chi connectivity index (χ1) is 14.2. The Labute approximate surface area is 170 Å². The van der Waals surface area contributed by atoms with Gasteiger partial charge in [0.15, 0.2) is 11.7 Å². The third-order valence-electron chi connectivity index (χ3n) is 5.21. The fourth-order valence-electron chi connectivity index (χ4n) is 3.46. The summed E-state index contributed by atoms with van der Waals surface area (Å²) in [6, 6.07) is 5.84. The lowest BCUT2D eigenvalue weighted by Crippen LogP contribution is -2.14. The quantitative estimate of drug-likeness (QED) is 0.568. The summed E-state index contributed by atoms with van der Waals surface area (Å²) in [5.41, 5.74) is 1.91. The van der Waals surface area contributed by atoms with Gasteiger partial charge < -0.3 is 10.1 Å². The highest BCUT2D eigenvalue weighted by atomic mass is 16.5. The maximum absolute atomic E-state index is 11.9. The van der Waals surface area contributed by atoms with Gasteiger partial charge in [0.05, 0.1) is 11.6 Å². The first-order valence-electron chi connectivity index (χ1n) is 10.3. The number of carbonyl (C=O) groups is 1. The Balaban J connectivity index is 1.40. The fraction of sp³-hybridized carbons (Fsp3) is 0.455. The van der Waals surface area contributed by atoms with Gasteiger partial charge in [-0.25, -0.2) is 14.5 Å². The van der Waals surface area contributed by atoms with Gasteiger partial charge >= 0.3 is 0 Å². The first-order valence-corrected chi connectivity index (χ1v) is 10.3. The van der Waals surface area contributed by atoms with Gasteiger partial charge in [0.2, 0.25) is 5.91 Å². The minimum Gasteiger partial charge on any atom is -0.370 e. The normalized spacial score (nSPS) is 18.4. The molecule has 2 aromatic heterocycles. The van der Waals surface area contributed by atoms with Crippen LogP contribution in [0.2, 0.25) is 0 Å². The summed E-state index contributed by atoms with van der Waals surface area (Å²) < 4.78 is 7.66. The molecule has 0 spiro atoms. The molecule has 0 unspecified atom stereocenters. The molecule has 0 radical (unpaired) electrons. The van der Waals surface area contributed by atoms with E-state index >= 15 is 0 Å². The topological polar surface area (TPSA) is 80.3 Å². The van der Waals surface area contributed by atoms with Crippen molar-refractivity contribution in [2.45, 2.75) is 51.6 Å². The lowest BCUT2D eigenvalue weighted by molar-refractivity contribution is -0.117. The van der Waals surface area contributed by atoms with Gasteiger partial charge in [-0.15, -0.1) is 0 Å². The van der Waals surface area contributed by atoms with Crippen molar-refractivity contribution in [1.82, 2.24) is 9.61 Å². The number of carbonyl (C=O) groups excluding carboxylic acids is 1. The van der Waals surface area contributed by atoms with Crippen LogP contribution in [0.25, 0.3) is 11.6 Å². The van der Waals surface area contributed by atoms with Crippen molar-refractivity contribution in [3.63, 3.8) is 0 Å². The highest BCUT2D eigenvalue weighted by molar-refractivity contribution is 5.93. The van der Waals surface area contributed by atoms with Crippen LogP contribution in [-0.4, -0.2) is 40.3 Å². The Bertz CT molecular complexity index is 949. The van der Waals surface area contributed by atoms with Gasteiger partial charge in [-0.1, -0.05) is 12.8 Å². The zero-order chi connectivity index (χ0) is 20.1. The number of rotatable bonds is 7. The molecule has 7 heteroatoms. The smallest absolute Gasteiger partial charge is 0.228 e. The van der Waals surface area contributed by atoms with E-state index in [4.69, 9.17) is 4.74 Å². The second kappa shape index (κ2) is 9.13. The summed E-state index contributed by atoms with van der Waals surface area (Å²) >= 11 is 0. The maximum Gasteiger partial charge on any atom is 0.228 e. The van der Waals surface area contributed by atoms with E-state index in [0.29, 0.717) is 24.4 Å². The SMILES string of the molecule is C\C=N/C(COC1CCCC1)=N\C=C\c1ccn2nc(NC(=O)C3CC3)cc2c1. The van der Waals surface area contributed by atoms with E-state index in [9.17, 15) is 4.79 Å². The van der Waals surface area contributed by atoms with E-state index in [1.54, 1.807) is 16.9 Å². The summed E-state index contributed by atoms with van der Waals surface area (Å²) in [4.78, 5) is 20.7. The molecule has 0 aromatic carbocycles. The number of hydrogen-bond acceptors (Lipinski definition) is 4. The molecular formula is C22H27N5O2. The molecule has 29 heavy (non-hydrogen) atoms. The molecule has 0 aliphatic heterocycles. The molecular weight excluding hydrogens is 366 g/mol. The van der Waals surface area contributed by atoms with Gasteiger partial charge in [-0.05, 0) is 56.4 Å². The molecule has 2 fully saturated rings. The number of fused-ring (bicyclic) bond motifs is 1. The number of ether oxygens (including phenoxy) is 1. The van der Waals surface area contributed by atoms with Crippen LogP contribution in [0.3, 0.4) is 0 Å². The molecule has 0 bridgehead atoms. The van der Waals surface area contributed by atoms with Gasteiger partial charge in [0, 0.05) is 30.6 Å². The zero-order valence-electron chi connectivity index (χ0n) is 16.8. The Morgan fingerprint density at radius 1 is 1.31 bits per heavy atom. The molecule has 0 atom stereocenters. The van der Waals surface area contributed by atoms with E-state index in [0.717, 1.165) is 36.8 Å². The molecule has 1 amide bonds. The molecule has 0 saturated heterocycles. The van der Waals surface area contributed by atoms with Crippen molar-refractivity contribution in [3.05, 3.63) is 36.2 Å². The van der Waals surface area contributed by atoms with Gasteiger partial charge in [-0.3, -0.25) is 4.79 Å². The average molecular weight is 393 g/mol. The monoisotopic (exact) mass is 393 g/mol. The lowest BCUT2D eigenvalue weighted by Gasteiger charge is -2.09. The zero-order valence-corrected chi connectivity index (χ0v) is 16.8. The van der Waals surface area contributed by atoms with E-state index in [2.05, 4.69) is 20.4 Å². The average Bonchev–Trinajstić information content (AvgIpc) is 3.29. The van der Waals surface area contributed by atoms with Crippen molar-refractivity contribution in [2.24, 2.45) is 15.9 Å². The van der Waals surface area contributed by atoms with Crippen LogP contribution >= 0.6 is 0 Å². The van der Waals surface area contributed by atoms with Gasteiger partial charge in [-0.2, -0.15) is 5.10 Å². The molecule has 2 aromatic rings. The molecule has 1 N–H and O–H groups in total. The predicted molar refractivity (Wildman–Crippen MR) is 115 cm³/mol. The summed E-state index contributed by atoms with van der Waals surface area (Å²) in [5, 5.41) is 7.28. The minimum atomic E-state index is 0.0618. The van der Waals surface area contributed by atoms with Crippen molar-refractivity contribution in [1.29, 1.82) is 0 Å². The van der Waals surface area contributed by atoms with Crippen LogP contribution in [-0.2, 0) is 9.53 Å². The standard InChI is InChI=1S/C22H27N5O2/c1-2-23-21(15-29-19-5-3-4-6-19)24-11-9-16-10-12-27-18(13-16)14-20(26-27)25-22(28)17-7-8-17/h2,9-14,17,19H,3-8,15H2,1H3,(H,25,26,28)/b11-9+,23-2-,24-21-. The van der Waals surface area contributed by atoms with Gasteiger partial charge in [0.1, 0.15) is 6.61 Å².